The van der Waals surface area contributed by atoms with E-state index in [0.29, 0.717) is 0 Å². The van der Waals surface area contributed by atoms with Crippen LogP contribution >= 0.6 is 0 Å². The van der Waals surface area contributed by atoms with Gasteiger partial charge in [-0.3, -0.25) is 4.79 Å². The van der Waals surface area contributed by atoms with Crippen LogP contribution in [0.1, 0.15) is 62.5 Å². The van der Waals surface area contributed by atoms with E-state index >= 15 is 0 Å². The molecule has 1 aromatic carbocycles. The number of hydrogen-bond donors (Lipinski definition) is 2. The predicted molar refractivity (Wildman–Crippen MR) is 100 cm³/mol. The van der Waals surface area contributed by atoms with E-state index in [0.717, 1.165) is 67.8 Å². The molecule has 5 heteroatoms. The smallest absolute Gasteiger partial charge is 0.226 e. The number of aromatic nitrogens is 2. The predicted octanol–water partition coefficient (Wildman–Crippen LogP) is 3.74. The Balaban J connectivity index is 1.54. The number of nitrogens with zero attached hydrogens (tertiary/aromatic N) is 2. The Bertz CT molecular complexity index is 778. The molecule has 2 aromatic rings. The second-order valence-electron chi connectivity index (χ2n) is 7.82. The van der Waals surface area contributed by atoms with Crippen molar-refractivity contribution in [3.63, 3.8) is 0 Å². The molecule has 138 valence electrons. The first-order valence-electron chi connectivity index (χ1n) is 9.69. The number of aliphatic hydroxyl groups is 1. The summed E-state index contributed by atoms with van der Waals surface area (Å²) in [7, 11) is 0. The van der Waals surface area contributed by atoms with Crippen LogP contribution in [0.3, 0.4) is 0 Å². The van der Waals surface area contributed by atoms with Gasteiger partial charge in [-0.25, -0.2) is 4.98 Å². The molecule has 2 aliphatic rings. The molecule has 1 unspecified atom stereocenters. The van der Waals surface area contributed by atoms with Crippen LogP contribution in [0.15, 0.2) is 30.3 Å². The molecule has 0 bridgehead atoms. The molecule has 1 amide bonds. The molecule has 1 atom stereocenters. The van der Waals surface area contributed by atoms with E-state index in [9.17, 15) is 9.90 Å². The molecule has 1 aliphatic carbocycles. The van der Waals surface area contributed by atoms with Crippen LogP contribution in [0, 0.1) is 6.92 Å². The fraction of sp³-hybridized carbons (Fsp3) is 0.524. The summed E-state index contributed by atoms with van der Waals surface area (Å²) in [6.07, 6.45) is 5.68. The van der Waals surface area contributed by atoms with Crippen molar-refractivity contribution in [3.05, 3.63) is 41.9 Å². The van der Waals surface area contributed by atoms with Gasteiger partial charge < -0.3 is 15.0 Å². The van der Waals surface area contributed by atoms with Crippen LogP contribution in [0.5, 0.6) is 0 Å². The molecule has 4 rings (SSSR count). The maximum Gasteiger partial charge on any atom is 0.226 e. The molecule has 5 nitrogen and oxygen atoms in total. The van der Waals surface area contributed by atoms with Crippen molar-refractivity contribution in [3.8, 4) is 11.3 Å². The largest absolute Gasteiger partial charge is 0.389 e. The van der Waals surface area contributed by atoms with Gasteiger partial charge >= 0.3 is 0 Å². The number of carbonyl (C=O) groups excluding carboxylic acids is 1. The third-order valence-electron chi connectivity index (χ3n) is 5.85. The first-order valence-corrected chi connectivity index (χ1v) is 9.69. The van der Waals surface area contributed by atoms with Crippen molar-refractivity contribution in [2.24, 2.45) is 0 Å². The summed E-state index contributed by atoms with van der Waals surface area (Å²) in [6, 6.07) is 10.1. The van der Waals surface area contributed by atoms with Gasteiger partial charge in [0.15, 0.2) is 0 Å². The molecule has 1 saturated carbocycles. The number of amides is 1. The zero-order valence-corrected chi connectivity index (χ0v) is 15.4. The Labute approximate surface area is 154 Å². The van der Waals surface area contributed by atoms with Crippen LogP contribution in [0.2, 0.25) is 0 Å². The van der Waals surface area contributed by atoms with Gasteiger partial charge in [-0.2, -0.15) is 0 Å². The Hall–Kier alpha value is -2.14. The molecular formula is C21H27N3O2. The van der Waals surface area contributed by atoms with Gasteiger partial charge in [-0.15, -0.1) is 0 Å². The zero-order chi connectivity index (χ0) is 18.1. The molecule has 0 radical (unpaired) electrons. The number of imidazole rings is 1. The summed E-state index contributed by atoms with van der Waals surface area (Å²) in [5, 5.41) is 10.6. The van der Waals surface area contributed by atoms with Crippen molar-refractivity contribution in [1.82, 2.24) is 14.9 Å². The summed E-state index contributed by atoms with van der Waals surface area (Å²) < 4.78 is 0. The third kappa shape index (κ3) is 3.28. The number of aromatic amines is 1. The van der Waals surface area contributed by atoms with Gasteiger partial charge in [0.25, 0.3) is 0 Å². The number of benzene rings is 1. The fourth-order valence-electron chi connectivity index (χ4n) is 4.46. The van der Waals surface area contributed by atoms with E-state index in [2.05, 4.69) is 17.1 Å². The van der Waals surface area contributed by atoms with Crippen LogP contribution in [0.25, 0.3) is 11.3 Å². The molecule has 0 spiro atoms. The lowest BCUT2D eigenvalue weighted by Gasteiger charge is -2.28. The summed E-state index contributed by atoms with van der Waals surface area (Å²) in [5.41, 5.74) is 2.27. The second kappa shape index (κ2) is 6.88. The molecule has 1 aromatic heterocycles. The first kappa shape index (κ1) is 17.3. The van der Waals surface area contributed by atoms with Gasteiger partial charge in [0.1, 0.15) is 5.82 Å². The topological polar surface area (TPSA) is 69.2 Å². The van der Waals surface area contributed by atoms with Crippen LogP contribution < -0.4 is 0 Å². The number of H-pyrrole nitrogens is 1. The summed E-state index contributed by atoms with van der Waals surface area (Å²) >= 11 is 0. The Morgan fingerprint density at radius 3 is 2.73 bits per heavy atom. The van der Waals surface area contributed by atoms with Crippen LogP contribution in [0.4, 0.5) is 0 Å². The highest BCUT2D eigenvalue weighted by Gasteiger charge is 2.39. The molecular weight excluding hydrogens is 326 g/mol. The average molecular weight is 353 g/mol. The molecule has 2 N–H and O–H groups in total. The van der Waals surface area contributed by atoms with Gasteiger partial charge in [0.2, 0.25) is 5.91 Å². The van der Waals surface area contributed by atoms with Gasteiger partial charge in [0, 0.05) is 17.8 Å². The Kier molecular flexibility index (Phi) is 4.57. The molecule has 2 fully saturated rings. The van der Waals surface area contributed by atoms with Gasteiger partial charge in [0.05, 0.1) is 23.8 Å². The number of rotatable bonds is 4. The minimum atomic E-state index is -0.793. The lowest BCUT2D eigenvalue weighted by atomic mass is 9.97. The van der Waals surface area contributed by atoms with E-state index in [4.69, 9.17) is 4.98 Å². The van der Waals surface area contributed by atoms with E-state index < -0.39 is 5.60 Å². The zero-order valence-electron chi connectivity index (χ0n) is 15.4. The van der Waals surface area contributed by atoms with Crippen molar-refractivity contribution in [2.75, 3.05) is 6.54 Å². The summed E-state index contributed by atoms with van der Waals surface area (Å²) in [6.45, 7) is 2.78. The van der Waals surface area contributed by atoms with E-state index in [1.54, 1.807) is 0 Å². The van der Waals surface area contributed by atoms with Crippen molar-refractivity contribution >= 4 is 5.91 Å². The van der Waals surface area contributed by atoms with Crippen molar-refractivity contribution in [2.45, 2.75) is 63.5 Å². The summed E-state index contributed by atoms with van der Waals surface area (Å²) in [4.78, 5) is 23.0. The molecule has 1 saturated heterocycles. The second-order valence-corrected chi connectivity index (χ2v) is 7.82. The van der Waals surface area contributed by atoms with Gasteiger partial charge in [-0.1, -0.05) is 43.2 Å². The Morgan fingerprint density at radius 1 is 1.27 bits per heavy atom. The van der Waals surface area contributed by atoms with Crippen molar-refractivity contribution < 1.29 is 9.90 Å². The molecule has 2 heterocycles. The fourth-order valence-corrected chi connectivity index (χ4v) is 4.46. The van der Waals surface area contributed by atoms with Gasteiger partial charge in [-0.05, 0) is 32.6 Å². The maximum absolute atomic E-state index is 12.9. The minimum Gasteiger partial charge on any atom is -0.389 e. The van der Waals surface area contributed by atoms with Crippen molar-refractivity contribution in [1.29, 1.82) is 0 Å². The van der Waals surface area contributed by atoms with E-state index in [1.807, 2.05) is 30.0 Å². The summed E-state index contributed by atoms with van der Waals surface area (Å²) in [5.74, 6) is 0.929. The highest BCUT2D eigenvalue weighted by Crippen LogP contribution is 2.37. The lowest BCUT2D eigenvalue weighted by Crippen LogP contribution is -2.38. The quantitative estimate of drug-likeness (QED) is 0.880. The van der Waals surface area contributed by atoms with Crippen LogP contribution in [-0.2, 0) is 4.79 Å². The standard InChI is InChI=1S/C21H27N3O2/c1-15-19(16-8-3-2-4-9-16)23-20(22-15)17-10-7-13-24(17)18(25)14-21(26)11-5-6-12-21/h2-4,8-9,17,26H,5-7,10-14H2,1H3,(H,22,23). The highest BCUT2D eigenvalue weighted by molar-refractivity contribution is 5.78. The van der Waals surface area contributed by atoms with E-state index in [-0.39, 0.29) is 18.4 Å². The maximum atomic E-state index is 12.9. The van der Waals surface area contributed by atoms with Crippen LogP contribution in [-0.4, -0.2) is 38.0 Å². The SMILES string of the molecule is Cc1[nH]c(C2CCCN2C(=O)CC2(O)CCCC2)nc1-c1ccccc1. The number of carbonyl (C=O) groups is 1. The number of aryl methyl sites for hydroxylation is 1. The number of likely N-dealkylation sites (tertiary alicyclic amines) is 1. The monoisotopic (exact) mass is 353 g/mol. The number of hydrogen-bond acceptors (Lipinski definition) is 3. The van der Waals surface area contributed by atoms with E-state index in [1.165, 1.54) is 0 Å². The Morgan fingerprint density at radius 2 is 2.00 bits per heavy atom. The average Bonchev–Trinajstić information content (AvgIpc) is 3.35. The minimum absolute atomic E-state index is 0.0105. The highest BCUT2D eigenvalue weighted by atomic mass is 16.3. The lowest BCUT2D eigenvalue weighted by molar-refractivity contribution is -0.137. The third-order valence-corrected chi connectivity index (χ3v) is 5.85. The molecule has 1 aliphatic heterocycles. The first-order chi connectivity index (χ1) is 12.6. The molecule has 26 heavy (non-hydrogen) atoms. The normalized spacial score (nSPS) is 22.1. The number of nitrogens with one attached hydrogen (secondary N) is 1.